The molecule has 1 fully saturated rings. The monoisotopic (exact) mass is 411 g/mol. The Balaban J connectivity index is 1.52. The van der Waals surface area contributed by atoms with Crippen LogP contribution in [0.25, 0.3) is 0 Å². The third kappa shape index (κ3) is 6.54. The van der Waals surface area contributed by atoms with Crippen molar-refractivity contribution < 1.29 is 9.21 Å². The molecular weight excluding hydrogens is 378 g/mol. The van der Waals surface area contributed by atoms with E-state index in [1.165, 1.54) is 5.69 Å². The van der Waals surface area contributed by atoms with E-state index in [9.17, 15) is 4.79 Å². The molecule has 0 unspecified atom stereocenters. The number of guanidine groups is 1. The molecule has 0 bridgehead atoms. The number of hydrogen-bond acceptors (Lipinski definition) is 4. The molecule has 0 atom stereocenters. The maximum atomic E-state index is 11.6. The molecule has 7 nitrogen and oxygen atoms in total. The van der Waals surface area contributed by atoms with E-state index in [2.05, 4.69) is 46.4 Å². The van der Waals surface area contributed by atoms with Crippen molar-refractivity contribution in [2.45, 2.75) is 19.8 Å². The Morgan fingerprint density at radius 1 is 1.10 bits per heavy atom. The van der Waals surface area contributed by atoms with Crippen molar-refractivity contribution in [2.75, 3.05) is 57.8 Å². The predicted molar refractivity (Wildman–Crippen MR) is 121 cm³/mol. The summed E-state index contributed by atoms with van der Waals surface area (Å²) in [5.41, 5.74) is 1.22. The van der Waals surface area contributed by atoms with Gasteiger partial charge in [-0.1, -0.05) is 18.2 Å². The number of hydrogen-bond donors (Lipinski definition) is 1. The van der Waals surface area contributed by atoms with Crippen LogP contribution < -0.4 is 10.2 Å². The number of rotatable bonds is 8. The van der Waals surface area contributed by atoms with Crippen LogP contribution >= 0.6 is 0 Å². The second-order valence-electron chi connectivity index (χ2n) is 7.57. The van der Waals surface area contributed by atoms with Gasteiger partial charge in [-0.3, -0.25) is 9.79 Å². The SMILES string of the molecule is CC(=O)N1CCN(C(=NCCCN(C)c2ccccc2)NCCc2ccco2)CC1. The molecule has 7 heteroatoms. The quantitative estimate of drug-likeness (QED) is 0.411. The molecule has 1 N–H and O–H groups in total. The van der Waals surface area contributed by atoms with E-state index in [4.69, 9.17) is 9.41 Å². The molecule has 2 aromatic rings. The minimum absolute atomic E-state index is 0.142. The highest BCUT2D eigenvalue weighted by atomic mass is 16.3. The fourth-order valence-corrected chi connectivity index (χ4v) is 3.56. The molecule has 0 saturated carbocycles. The Kier molecular flexibility index (Phi) is 8.18. The van der Waals surface area contributed by atoms with Crippen LogP contribution in [0.5, 0.6) is 0 Å². The Morgan fingerprint density at radius 3 is 2.50 bits per heavy atom. The second kappa shape index (κ2) is 11.3. The van der Waals surface area contributed by atoms with Crippen LogP contribution in [0.15, 0.2) is 58.1 Å². The van der Waals surface area contributed by atoms with Gasteiger partial charge in [-0.25, -0.2) is 0 Å². The predicted octanol–water partition coefficient (Wildman–Crippen LogP) is 2.46. The fourth-order valence-electron chi connectivity index (χ4n) is 3.56. The van der Waals surface area contributed by atoms with Gasteiger partial charge >= 0.3 is 0 Å². The second-order valence-corrected chi connectivity index (χ2v) is 7.57. The lowest BCUT2D eigenvalue weighted by molar-refractivity contribution is -0.130. The summed E-state index contributed by atoms with van der Waals surface area (Å²) in [7, 11) is 2.11. The average Bonchev–Trinajstić information content (AvgIpc) is 3.29. The zero-order valence-corrected chi connectivity index (χ0v) is 18.1. The summed E-state index contributed by atoms with van der Waals surface area (Å²) < 4.78 is 5.42. The molecule has 30 heavy (non-hydrogen) atoms. The molecule has 1 aromatic carbocycles. The highest BCUT2D eigenvalue weighted by molar-refractivity contribution is 5.80. The summed E-state index contributed by atoms with van der Waals surface area (Å²) in [4.78, 5) is 22.9. The smallest absolute Gasteiger partial charge is 0.219 e. The Bertz CT molecular complexity index is 783. The topological polar surface area (TPSA) is 64.3 Å². The lowest BCUT2D eigenvalue weighted by Gasteiger charge is -2.36. The number of para-hydroxylation sites is 1. The Hall–Kier alpha value is -2.96. The van der Waals surface area contributed by atoms with Crippen LogP contribution in [-0.4, -0.2) is 74.5 Å². The molecule has 0 radical (unpaired) electrons. The molecule has 1 aromatic heterocycles. The third-order valence-corrected chi connectivity index (χ3v) is 5.37. The van der Waals surface area contributed by atoms with Gasteiger partial charge in [-0.2, -0.15) is 0 Å². The molecule has 1 saturated heterocycles. The first-order valence-corrected chi connectivity index (χ1v) is 10.7. The fraction of sp³-hybridized carbons (Fsp3) is 0.478. The Labute approximate surface area is 179 Å². The van der Waals surface area contributed by atoms with Crippen molar-refractivity contribution in [3.63, 3.8) is 0 Å². The maximum absolute atomic E-state index is 11.6. The van der Waals surface area contributed by atoms with Crippen molar-refractivity contribution in [2.24, 2.45) is 4.99 Å². The largest absolute Gasteiger partial charge is 0.469 e. The van der Waals surface area contributed by atoms with Gasteiger partial charge in [-0.05, 0) is 30.7 Å². The number of nitrogens with one attached hydrogen (secondary N) is 1. The van der Waals surface area contributed by atoms with E-state index in [0.717, 1.165) is 70.4 Å². The van der Waals surface area contributed by atoms with Crippen LogP contribution in [0, 0.1) is 0 Å². The van der Waals surface area contributed by atoms with Crippen molar-refractivity contribution in [3.8, 4) is 0 Å². The number of anilines is 1. The molecule has 1 aliphatic heterocycles. The van der Waals surface area contributed by atoms with Crippen molar-refractivity contribution >= 4 is 17.6 Å². The van der Waals surface area contributed by atoms with Crippen molar-refractivity contribution in [1.29, 1.82) is 0 Å². The van der Waals surface area contributed by atoms with Gasteiger partial charge in [0.05, 0.1) is 6.26 Å². The number of carbonyl (C=O) groups excluding carboxylic acids is 1. The van der Waals surface area contributed by atoms with Gasteiger partial charge < -0.3 is 24.4 Å². The molecule has 0 spiro atoms. The first-order valence-electron chi connectivity index (χ1n) is 10.7. The first kappa shape index (κ1) is 21.7. The van der Waals surface area contributed by atoms with Gasteiger partial charge in [0.2, 0.25) is 5.91 Å². The van der Waals surface area contributed by atoms with E-state index in [-0.39, 0.29) is 5.91 Å². The van der Waals surface area contributed by atoms with Gasteiger partial charge in [0, 0.05) is 71.9 Å². The molecule has 1 amide bonds. The summed E-state index contributed by atoms with van der Waals surface area (Å²) in [5, 5.41) is 3.49. The van der Waals surface area contributed by atoms with E-state index < -0.39 is 0 Å². The molecule has 162 valence electrons. The molecular formula is C23H33N5O2. The molecule has 0 aliphatic carbocycles. The molecule has 3 rings (SSSR count). The standard InChI is InChI=1S/C23H33N5O2/c1-20(29)27-15-17-28(18-16-27)23(25-13-11-22-10-6-19-30-22)24-12-7-14-26(2)21-8-4-3-5-9-21/h3-6,8-10,19H,7,11-18H2,1-2H3,(H,24,25). The number of piperazine rings is 1. The average molecular weight is 412 g/mol. The minimum Gasteiger partial charge on any atom is -0.469 e. The number of amides is 1. The van der Waals surface area contributed by atoms with Crippen LogP contribution in [0.4, 0.5) is 5.69 Å². The molecule has 1 aliphatic rings. The normalized spacial score (nSPS) is 14.7. The van der Waals surface area contributed by atoms with Crippen molar-refractivity contribution in [3.05, 3.63) is 54.5 Å². The van der Waals surface area contributed by atoms with Crippen molar-refractivity contribution in [1.82, 2.24) is 15.1 Å². The highest BCUT2D eigenvalue weighted by Crippen LogP contribution is 2.11. The van der Waals surface area contributed by atoms with E-state index in [1.54, 1.807) is 13.2 Å². The third-order valence-electron chi connectivity index (χ3n) is 5.37. The zero-order chi connectivity index (χ0) is 21.2. The Morgan fingerprint density at radius 2 is 1.83 bits per heavy atom. The summed E-state index contributed by atoms with van der Waals surface area (Å²) >= 11 is 0. The summed E-state index contributed by atoms with van der Waals surface area (Å²) in [6.45, 7) is 7.19. The number of aliphatic imine (C=N–C) groups is 1. The van der Waals surface area contributed by atoms with E-state index in [0.29, 0.717) is 0 Å². The highest BCUT2D eigenvalue weighted by Gasteiger charge is 2.21. The number of furan rings is 1. The van der Waals surface area contributed by atoms with E-state index in [1.807, 2.05) is 23.1 Å². The lowest BCUT2D eigenvalue weighted by Crippen LogP contribution is -2.53. The zero-order valence-electron chi connectivity index (χ0n) is 18.1. The van der Waals surface area contributed by atoms with Gasteiger partial charge in [0.1, 0.15) is 5.76 Å². The van der Waals surface area contributed by atoms with Crippen LogP contribution in [0.2, 0.25) is 0 Å². The van der Waals surface area contributed by atoms with E-state index >= 15 is 0 Å². The van der Waals surface area contributed by atoms with Crippen LogP contribution in [0.1, 0.15) is 19.1 Å². The minimum atomic E-state index is 0.142. The van der Waals surface area contributed by atoms with Crippen LogP contribution in [-0.2, 0) is 11.2 Å². The number of benzene rings is 1. The number of nitrogens with zero attached hydrogens (tertiary/aromatic N) is 4. The van der Waals surface area contributed by atoms with Crippen LogP contribution in [0.3, 0.4) is 0 Å². The van der Waals surface area contributed by atoms with Gasteiger partial charge in [-0.15, -0.1) is 0 Å². The number of carbonyl (C=O) groups is 1. The summed E-state index contributed by atoms with van der Waals surface area (Å²) in [6, 6.07) is 14.3. The molecule has 2 heterocycles. The first-order chi connectivity index (χ1) is 14.6. The van der Waals surface area contributed by atoms with Gasteiger partial charge in [0.15, 0.2) is 5.96 Å². The maximum Gasteiger partial charge on any atom is 0.219 e. The lowest BCUT2D eigenvalue weighted by atomic mass is 10.3. The van der Waals surface area contributed by atoms with Gasteiger partial charge in [0.25, 0.3) is 0 Å². The summed E-state index contributed by atoms with van der Waals surface area (Å²) in [5.74, 6) is 2.03. The summed E-state index contributed by atoms with van der Waals surface area (Å²) in [6.07, 6.45) is 3.49.